The zero-order valence-corrected chi connectivity index (χ0v) is 17.5. The molecule has 0 saturated carbocycles. The van der Waals surface area contributed by atoms with Gasteiger partial charge in [-0.25, -0.2) is 0 Å². The number of fused-ring (bicyclic) bond motifs is 3. The Labute approximate surface area is 166 Å². The molecule has 0 nitrogen and oxygen atoms in total. The normalized spacial score (nSPS) is 17.8. The minimum Gasteiger partial charge on any atom is -1.00 e. The molecule has 3 aliphatic rings. The number of halogens is 2. The summed E-state index contributed by atoms with van der Waals surface area (Å²) in [7, 11) is 0. The first-order valence-corrected chi connectivity index (χ1v) is 12.8. The molecule has 25 heavy (non-hydrogen) atoms. The monoisotopic (exact) mass is 404 g/mol. The molecule has 1 saturated heterocycles. The summed E-state index contributed by atoms with van der Waals surface area (Å²) in [6.45, 7) is 2.33. The van der Waals surface area contributed by atoms with Gasteiger partial charge in [0.05, 0.1) is 0 Å². The fourth-order valence-electron chi connectivity index (χ4n) is 5.06. The standard InChI is InChI=1S/C13H9.C7H9.C2H4.2ClH.Ti/c1-3-7-12-10(5-1)9-11-6-2-4-8-13(11)12;1-2-7-5-3-4-6-7;1-2;;;/h1-9H;3,5H,2,4H2,1H3;1-2H2;2*1H;/q;;;;;+2/p-2. The Morgan fingerprint density at radius 1 is 0.880 bits per heavy atom. The molecule has 5 rings (SSSR count). The van der Waals surface area contributed by atoms with Crippen molar-refractivity contribution in [3.05, 3.63) is 81.3 Å². The van der Waals surface area contributed by atoms with Crippen LogP contribution in [0.5, 0.6) is 0 Å². The van der Waals surface area contributed by atoms with Gasteiger partial charge in [0.25, 0.3) is 0 Å². The smallest absolute Gasteiger partial charge is 1.00 e. The van der Waals surface area contributed by atoms with Crippen molar-refractivity contribution in [3.8, 4) is 11.1 Å². The SMILES string of the molecule is CCC1=[C]([Ti+2]2([CH]3c4ccccc4-c4ccccc43)[CH2][CH2]2)CC=C1.[Cl-].[Cl-]. The van der Waals surface area contributed by atoms with Gasteiger partial charge < -0.3 is 24.8 Å². The van der Waals surface area contributed by atoms with E-state index in [1.54, 1.807) is 16.7 Å². The molecule has 0 bridgehead atoms. The van der Waals surface area contributed by atoms with Crippen molar-refractivity contribution in [1.29, 1.82) is 0 Å². The first-order valence-electron chi connectivity index (χ1n) is 8.92. The third-order valence-electron chi connectivity index (χ3n) is 6.19. The van der Waals surface area contributed by atoms with E-state index in [2.05, 4.69) is 67.6 Å². The zero-order chi connectivity index (χ0) is 15.4. The van der Waals surface area contributed by atoms with E-state index in [0.717, 1.165) is 4.22 Å². The predicted molar refractivity (Wildman–Crippen MR) is 94.4 cm³/mol. The van der Waals surface area contributed by atoms with Gasteiger partial charge in [0.15, 0.2) is 0 Å². The molecule has 0 atom stereocenters. The van der Waals surface area contributed by atoms with Gasteiger partial charge in [0.2, 0.25) is 0 Å². The van der Waals surface area contributed by atoms with Gasteiger partial charge in [0, 0.05) is 0 Å². The molecule has 0 radical (unpaired) electrons. The largest absolute Gasteiger partial charge is 1.00 e. The van der Waals surface area contributed by atoms with Crippen molar-refractivity contribution in [2.24, 2.45) is 0 Å². The zero-order valence-electron chi connectivity index (χ0n) is 14.4. The van der Waals surface area contributed by atoms with Crippen molar-refractivity contribution >= 4 is 0 Å². The van der Waals surface area contributed by atoms with Gasteiger partial charge in [-0.05, 0) is 0 Å². The molecule has 128 valence electrons. The van der Waals surface area contributed by atoms with E-state index in [9.17, 15) is 0 Å². The summed E-state index contributed by atoms with van der Waals surface area (Å²) in [5, 5.41) is 0. The van der Waals surface area contributed by atoms with E-state index < -0.39 is 16.6 Å². The summed E-state index contributed by atoms with van der Waals surface area (Å²) in [4.78, 5) is 0. The van der Waals surface area contributed by atoms with Gasteiger partial charge in [-0.1, -0.05) is 0 Å². The number of rotatable bonds is 3. The van der Waals surface area contributed by atoms with Crippen molar-refractivity contribution in [3.63, 3.8) is 0 Å². The molecule has 0 spiro atoms. The van der Waals surface area contributed by atoms with Crippen LogP contribution in [0.3, 0.4) is 0 Å². The van der Waals surface area contributed by atoms with Crippen molar-refractivity contribution in [1.82, 2.24) is 0 Å². The van der Waals surface area contributed by atoms with Gasteiger partial charge in [-0.15, -0.1) is 0 Å². The second-order valence-electron chi connectivity index (χ2n) is 7.23. The number of hydrogen-bond donors (Lipinski definition) is 0. The molecule has 2 aliphatic carbocycles. The van der Waals surface area contributed by atoms with Crippen LogP contribution in [0.4, 0.5) is 0 Å². The summed E-state index contributed by atoms with van der Waals surface area (Å²) >= 11 is -1.97. The summed E-state index contributed by atoms with van der Waals surface area (Å²) < 4.78 is 5.74. The Morgan fingerprint density at radius 3 is 1.96 bits per heavy atom. The second-order valence-corrected chi connectivity index (χ2v) is 14.2. The van der Waals surface area contributed by atoms with E-state index in [4.69, 9.17) is 0 Å². The van der Waals surface area contributed by atoms with Gasteiger partial charge in [-0.2, -0.15) is 0 Å². The van der Waals surface area contributed by atoms with Crippen LogP contribution in [0.1, 0.15) is 35.1 Å². The van der Waals surface area contributed by atoms with Crippen LogP contribution in [0.2, 0.25) is 9.45 Å². The molecular formula is C22H22Cl2Ti. The molecule has 1 heterocycles. The third kappa shape index (κ3) is 2.70. The summed E-state index contributed by atoms with van der Waals surface area (Å²) in [6.07, 6.45) is 7.32. The average molecular weight is 405 g/mol. The van der Waals surface area contributed by atoms with E-state index in [0.29, 0.717) is 0 Å². The average Bonchev–Trinajstić information content (AvgIpc) is 3.11. The Kier molecular flexibility index (Phi) is 5.38. The molecule has 2 aromatic carbocycles. The number of hydrogen-bond acceptors (Lipinski definition) is 0. The summed E-state index contributed by atoms with van der Waals surface area (Å²) in [6, 6.07) is 18.4. The van der Waals surface area contributed by atoms with Crippen molar-refractivity contribution < 1.29 is 41.4 Å². The second kappa shape index (κ2) is 7.08. The fourth-order valence-corrected chi connectivity index (χ4v) is 14.5. The molecule has 2 aromatic rings. The Hall–Kier alpha value is -0.786. The van der Waals surface area contributed by atoms with Crippen LogP contribution in [-0.4, -0.2) is 0 Å². The van der Waals surface area contributed by atoms with Gasteiger partial charge in [-0.3, -0.25) is 0 Å². The fraction of sp³-hybridized carbons (Fsp3) is 0.273. The van der Waals surface area contributed by atoms with Gasteiger partial charge >= 0.3 is 142 Å². The van der Waals surface area contributed by atoms with E-state index in [1.807, 2.05) is 3.88 Å². The van der Waals surface area contributed by atoms with Gasteiger partial charge in [0.1, 0.15) is 0 Å². The first-order chi connectivity index (χ1) is 11.3. The Balaban J connectivity index is 0.000000911. The van der Waals surface area contributed by atoms with Crippen molar-refractivity contribution in [2.75, 3.05) is 0 Å². The van der Waals surface area contributed by atoms with E-state index >= 15 is 0 Å². The molecule has 1 aliphatic heterocycles. The first kappa shape index (κ1) is 19.0. The van der Waals surface area contributed by atoms with Crippen LogP contribution in [-0.2, 0) is 16.6 Å². The summed E-state index contributed by atoms with van der Waals surface area (Å²) in [5.74, 6) is 0. The maximum absolute atomic E-state index is 2.42. The maximum atomic E-state index is 2.42. The molecule has 0 aromatic heterocycles. The maximum Gasteiger partial charge on any atom is -1.00 e. The quantitative estimate of drug-likeness (QED) is 0.649. The minimum atomic E-state index is -1.97. The Morgan fingerprint density at radius 2 is 1.44 bits per heavy atom. The third-order valence-corrected chi connectivity index (χ3v) is 14.0. The van der Waals surface area contributed by atoms with Crippen molar-refractivity contribution in [2.45, 2.75) is 33.4 Å². The van der Waals surface area contributed by atoms with Crippen LogP contribution in [0.25, 0.3) is 11.1 Å². The molecule has 3 heteroatoms. The topological polar surface area (TPSA) is 0 Å². The van der Waals surface area contributed by atoms with Crippen LogP contribution < -0.4 is 24.8 Å². The van der Waals surface area contributed by atoms with Crippen LogP contribution in [0.15, 0.2) is 70.1 Å². The van der Waals surface area contributed by atoms with E-state index in [1.165, 1.54) is 33.4 Å². The molecular weight excluding hydrogens is 383 g/mol. The van der Waals surface area contributed by atoms with Crippen LogP contribution in [0, 0.1) is 0 Å². The minimum absolute atomic E-state index is 0. The molecule has 0 N–H and O–H groups in total. The number of allylic oxidation sites excluding steroid dienone is 4. The Bertz CT molecular complexity index is 816. The predicted octanol–water partition coefficient (Wildman–Crippen LogP) is 0.393. The molecule has 0 amide bonds. The molecule has 1 fully saturated rings. The molecule has 0 unspecified atom stereocenters. The van der Waals surface area contributed by atoms with E-state index in [-0.39, 0.29) is 24.8 Å². The number of benzene rings is 2. The summed E-state index contributed by atoms with van der Waals surface area (Å²) in [5.41, 5.74) is 7.98. The van der Waals surface area contributed by atoms with Crippen LogP contribution >= 0.6 is 0 Å².